The molecule has 7 heteroatoms. The van der Waals surface area contributed by atoms with Gasteiger partial charge in [0.2, 0.25) is 5.91 Å². The minimum atomic E-state index is -0.233. The van der Waals surface area contributed by atoms with E-state index in [1.807, 2.05) is 24.3 Å². The molecule has 4 aliphatic rings. The van der Waals surface area contributed by atoms with Gasteiger partial charge in [-0.2, -0.15) is 0 Å². The quantitative estimate of drug-likeness (QED) is 0.718. The number of benzene rings is 1. The van der Waals surface area contributed by atoms with E-state index < -0.39 is 0 Å². The van der Waals surface area contributed by atoms with E-state index in [1.54, 1.807) is 11.8 Å². The molecule has 1 saturated carbocycles. The summed E-state index contributed by atoms with van der Waals surface area (Å²) in [5.74, 6) is 0.676. The van der Waals surface area contributed by atoms with Crippen LogP contribution in [0.3, 0.4) is 0 Å². The lowest BCUT2D eigenvalue weighted by Crippen LogP contribution is -2.48. The third-order valence-electron chi connectivity index (χ3n) is 7.14. The Morgan fingerprint density at radius 2 is 2.03 bits per heavy atom. The first-order valence-electron chi connectivity index (χ1n) is 11.2. The fraction of sp³-hybridized carbons (Fsp3) is 0.400. The molecule has 1 aliphatic carbocycles. The Morgan fingerprint density at radius 3 is 2.78 bits per heavy atom. The molecule has 32 heavy (non-hydrogen) atoms. The number of amides is 1. The number of hydrogen-bond acceptors (Lipinski definition) is 5. The molecule has 4 heterocycles. The normalized spacial score (nSPS) is 24.1. The Bertz CT molecular complexity index is 1150. The molecule has 1 amide bonds. The maximum atomic E-state index is 13.5. The van der Waals surface area contributed by atoms with Gasteiger partial charge in [0, 0.05) is 32.0 Å². The van der Waals surface area contributed by atoms with Gasteiger partial charge in [-0.1, -0.05) is 17.3 Å². The summed E-state index contributed by atoms with van der Waals surface area (Å²) in [6.07, 6.45) is 6.27. The molecule has 0 radical (unpaired) electrons. The number of pyridine rings is 1. The van der Waals surface area contributed by atoms with Crippen molar-refractivity contribution in [1.29, 1.82) is 0 Å². The standard InChI is InChI=1S/C25H25FN4O2/c1-16(31)29-11-8-21-22(29)7-6-20(27-21)12-18-13-25(9-10-25)15-30-23(14-32-28-24(18)30)17-2-4-19(26)5-3-17/h2-7,12,23H,8-11,13-15H2,1H3. The van der Waals surface area contributed by atoms with Gasteiger partial charge in [-0.3, -0.25) is 9.78 Å². The van der Waals surface area contributed by atoms with Crippen LogP contribution in [-0.2, 0) is 16.1 Å². The Hall–Kier alpha value is -3.22. The van der Waals surface area contributed by atoms with Crippen molar-refractivity contribution in [3.05, 3.63) is 64.7 Å². The number of aromatic nitrogens is 1. The van der Waals surface area contributed by atoms with Crippen molar-refractivity contribution in [2.75, 3.05) is 24.6 Å². The van der Waals surface area contributed by atoms with Crippen molar-refractivity contribution >= 4 is 23.5 Å². The number of carbonyl (C=O) groups excluding carboxylic acids is 1. The summed E-state index contributed by atoms with van der Waals surface area (Å²) < 4.78 is 13.5. The van der Waals surface area contributed by atoms with E-state index in [-0.39, 0.29) is 23.2 Å². The zero-order chi connectivity index (χ0) is 21.9. The van der Waals surface area contributed by atoms with E-state index in [1.165, 1.54) is 25.0 Å². The third kappa shape index (κ3) is 3.27. The van der Waals surface area contributed by atoms with E-state index in [9.17, 15) is 9.18 Å². The van der Waals surface area contributed by atoms with Crippen LogP contribution in [0.25, 0.3) is 6.08 Å². The van der Waals surface area contributed by atoms with Crippen molar-refractivity contribution in [3.63, 3.8) is 0 Å². The summed E-state index contributed by atoms with van der Waals surface area (Å²) in [5, 5.41) is 4.44. The van der Waals surface area contributed by atoms with Gasteiger partial charge in [0.05, 0.1) is 23.1 Å². The Labute approximate surface area is 186 Å². The van der Waals surface area contributed by atoms with Crippen LogP contribution in [-0.4, -0.2) is 41.3 Å². The van der Waals surface area contributed by atoms with Crippen LogP contribution in [0.15, 0.2) is 47.1 Å². The molecule has 1 aromatic heterocycles. The number of rotatable bonds is 2. The lowest BCUT2D eigenvalue weighted by molar-refractivity contribution is -0.116. The van der Waals surface area contributed by atoms with Gasteiger partial charge in [-0.15, -0.1) is 0 Å². The maximum Gasteiger partial charge on any atom is 0.223 e. The number of carbonyl (C=O) groups is 1. The summed E-state index contributed by atoms with van der Waals surface area (Å²) in [4.78, 5) is 26.5. The Morgan fingerprint density at radius 1 is 1.22 bits per heavy atom. The molecule has 1 spiro atoms. The van der Waals surface area contributed by atoms with Crippen molar-refractivity contribution in [3.8, 4) is 0 Å². The third-order valence-corrected chi connectivity index (χ3v) is 7.14. The molecule has 1 saturated heterocycles. The molecule has 1 atom stereocenters. The number of nitrogens with zero attached hydrogens (tertiary/aromatic N) is 4. The molecule has 6 nitrogen and oxygen atoms in total. The summed E-state index contributed by atoms with van der Waals surface area (Å²) in [6, 6.07) is 10.7. The van der Waals surface area contributed by atoms with Gasteiger partial charge in [-0.05, 0) is 60.6 Å². The van der Waals surface area contributed by atoms with Crippen LogP contribution in [0.4, 0.5) is 10.1 Å². The highest BCUT2D eigenvalue weighted by Crippen LogP contribution is 2.55. The molecule has 1 unspecified atom stereocenters. The number of anilines is 1. The minimum absolute atomic E-state index is 0.0152. The average molecular weight is 432 g/mol. The molecule has 3 aliphatic heterocycles. The topological polar surface area (TPSA) is 58.0 Å². The predicted molar refractivity (Wildman–Crippen MR) is 119 cm³/mol. The van der Waals surface area contributed by atoms with Crippen molar-refractivity contribution in [1.82, 2.24) is 9.88 Å². The van der Waals surface area contributed by atoms with Crippen LogP contribution < -0.4 is 4.90 Å². The highest BCUT2D eigenvalue weighted by Gasteiger charge is 2.51. The smallest absolute Gasteiger partial charge is 0.223 e. The van der Waals surface area contributed by atoms with E-state index in [2.05, 4.69) is 16.1 Å². The van der Waals surface area contributed by atoms with Crippen molar-refractivity contribution in [2.24, 2.45) is 10.6 Å². The van der Waals surface area contributed by atoms with Gasteiger partial charge in [0.25, 0.3) is 0 Å². The van der Waals surface area contributed by atoms with Gasteiger partial charge in [0.1, 0.15) is 12.4 Å². The zero-order valence-corrected chi connectivity index (χ0v) is 18.1. The first-order chi connectivity index (χ1) is 15.5. The second-order valence-electron chi connectivity index (χ2n) is 9.37. The first-order valence-corrected chi connectivity index (χ1v) is 11.2. The van der Waals surface area contributed by atoms with Crippen molar-refractivity contribution in [2.45, 2.75) is 38.6 Å². The fourth-order valence-corrected chi connectivity index (χ4v) is 5.24. The second-order valence-corrected chi connectivity index (χ2v) is 9.37. The lowest BCUT2D eigenvalue weighted by Gasteiger charge is -2.43. The van der Waals surface area contributed by atoms with Crippen LogP contribution in [0.2, 0.25) is 0 Å². The zero-order valence-electron chi connectivity index (χ0n) is 18.1. The number of amidine groups is 1. The largest absolute Gasteiger partial charge is 0.392 e. The molecule has 164 valence electrons. The number of oxime groups is 1. The summed E-state index contributed by atoms with van der Waals surface area (Å²) >= 11 is 0. The molecule has 6 rings (SSSR count). The van der Waals surface area contributed by atoms with Crippen LogP contribution in [0.5, 0.6) is 0 Å². The Kier molecular flexibility index (Phi) is 4.35. The Balaban J connectivity index is 1.35. The molecule has 2 fully saturated rings. The minimum Gasteiger partial charge on any atom is -0.392 e. The molecular weight excluding hydrogens is 407 g/mol. The first kappa shape index (κ1) is 19.5. The monoisotopic (exact) mass is 432 g/mol. The molecule has 0 N–H and O–H groups in total. The van der Waals surface area contributed by atoms with E-state index >= 15 is 0 Å². The van der Waals surface area contributed by atoms with Gasteiger partial charge < -0.3 is 14.6 Å². The fourth-order valence-electron chi connectivity index (χ4n) is 5.24. The number of hydrogen-bond donors (Lipinski definition) is 0. The second kappa shape index (κ2) is 7.15. The summed E-state index contributed by atoms with van der Waals surface area (Å²) in [5.41, 5.74) is 5.22. The summed E-state index contributed by atoms with van der Waals surface area (Å²) in [6.45, 7) is 3.68. The SMILES string of the molecule is CC(=O)N1CCc2nc(C=C3CC4(CC4)CN4C3=NOCC4c3ccc(F)cc3)ccc21. The molecule has 2 aromatic rings. The van der Waals surface area contributed by atoms with Gasteiger partial charge in [-0.25, -0.2) is 4.39 Å². The highest BCUT2D eigenvalue weighted by atomic mass is 19.1. The average Bonchev–Trinajstić information content (AvgIpc) is 3.38. The number of fused-ring (bicyclic) bond motifs is 2. The number of halogens is 1. The molecule has 1 aromatic carbocycles. The van der Waals surface area contributed by atoms with Crippen molar-refractivity contribution < 1.29 is 14.0 Å². The predicted octanol–water partition coefficient (Wildman–Crippen LogP) is 4.08. The highest BCUT2D eigenvalue weighted by molar-refractivity contribution is 6.03. The number of piperidine rings is 1. The van der Waals surface area contributed by atoms with Crippen LogP contribution in [0.1, 0.15) is 49.2 Å². The van der Waals surface area contributed by atoms with E-state index in [0.717, 1.165) is 53.4 Å². The van der Waals surface area contributed by atoms with E-state index in [4.69, 9.17) is 9.82 Å². The lowest BCUT2D eigenvalue weighted by atomic mass is 9.87. The van der Waals surface area contributed by atoms with Gasteiger partial charge in [0.15, 0.2) is 5.84 Å². The van der Waals surface area contributed by atoms with Crippen LogP contribution in [0, 0.1) is 11.2 Å². The maximum absolute atomic E-state index is 13.5. The van der Waals surface area contributed by atoms with E-state index in [0.29, 0.717) is 13.2 Å². The molecule has 0 bridgehead atoms. The summed E-state index contributed by atoms with van der Waals surface area (Å²) in [7, 11) is 0. The van der Waals surface area contributed by atoms with Crippen LogP contribution >= 0.6 is 0 Å². The van der Waals surface area contributed by atoms with Gasteiger partial charge >= 0.3 is 0 Å². The molecular formula is C25H25FN4O2.